The van der Waals surface area contributed by atoms with Crippen LogP contribution in [0.15, 0.2) is 24.3 Å². The minimum atomic E-state index is -0.799. The second-order valence-electron chi connectivity index (χ2n) is 7.52. The van der Waals surface area contributed by atoms with Gasteiger partial charge in [0.1, 0.15) is 11.4 Å². The van der Waals surface area contributed by atoms with Crippen LogP contribution in [-0.4, -0.2) is 34.6 Å². The van der Waals surface area contributed by atoms with Crippen molar-refractivity contribution in [2.24, 2.45) is 0 Å². The molecule has 2 N–H and O–H groups in total. The molecular weight excluding hydrogens is 357 g/mol. The van der Waals surface area contributed by atoms with E-state index in [0.717, 1.165) is 18.2 Å². The van der Waals surface area contributed by atoms with E-state index in [1.54, 1.807) is 34.6 Å². The van der Waals surface area contributed by atoms with Crippen molar-refractivity contribution in [2.75, 3.05) is 6.54 Å². The van der Waals surface area contributed by atoms with Gasteiger partial charge in [0.2, 0.25) is 5.91 Å². The summed E-state index contributed by atoms with van der Waals surface area (Å²) in [6.45, 7) is 8.70. The second kappa shape index (κ2) is 8.61. The number of alkyl carbamates (subject to hydrolysis) is 1. The quantitative estimate of drug-likeness (QED) is 0.447. The summed E-state index contributed by atoms with van der Waals surface area (Å²) in [5.74, 6) is -1.26. The SMILES string of the molecule is CC(C)(CNC(=O)OC(C)(C)C)NC(=O)C=Cc1ccc(F)cc1[N+](=O)[O-]. The van der Waals surface area contributed by atoms with Crippen molar-refractivity contribution >= 4 is 23.8 Å². The van der Waals surface area contributed by atoms with Gasteiger partial charge in [-0.05, 0) is 52.8 Å². The second-order valence-corrected chi connectivity index (χ2v) is 7.52. The molecule has 8 nitrogen and oxygen atoms in total. The van der Waals surface area contributed by atoms with Crippen molar-refractivity contribution in [3.8, 4) is 0 Å². The first kappa shape index (κ1) is 22.1. The zero-order valence-corrected chi connectivity index (χ0v) is 16.0. The molecule has 0 saturated heterocycles. The third-order valence-corrected chi connectivity index (χ3v) is 3.14. The molecule has 0 heterocycles. The molecular formula is C18H24FN3O5. The van der Waals surface area contributed by atoms with E-state index in [0.29, 0.717) is 0 Å². The van der Waals surface area contributed by atoms with Crippen LogP contribution >= 0.6 is 0 Å². The van der Waals surface area contributed by atoms with Gasteiger partial charge in [-0.2, -0.15) is 0 Å². The first-order chi connectivity index (χ1) is 12.3. The van der Waals surface area contributed by atoms with Gasteiger partial charge in [0, 0.05) is 12.6 Å². The van der Waals surface area contributed by atoms with E-state index in [2.05, 4.69) is 10.6 Å². The Morgan fingerprint density at radius 2 is 1.89 bits per heavy atom. The van der Waals surface area contributed by atoms with Gasteiger partial charge >= 0.3 is 6.09 Å². The average molecular weight is 381 g/mol. The van der Waals surface area contributed by atoms with Gasteiger partial charge in [-0.25, -0.2) is 9.18 Å². The number of benzene rings is 1. The molecule has 0 bridgehead atoms. The maximum Gasteiger partial charge on any atom is 0.407 e. The minimum absolute atomic E-state index is 0.0984. The summed E-state index contributed by atoms with van der Waals surface area (Å²) in [6.07, 6.45) is 1.72. The summed E-state index contributed by atoms with van der Waals surface area (Å²) >= 11 is 0. The number of rotatable bonds is 6. The fourth-order valence-electron chi connectivity index (χ4n) is 2.01. The van der Waals surface area contributed by atoms with Gasteiger partial charge in [-0.3, -0.25) is 14.9 Å². The van der Waals surface area contributed by atoms with Crippen molar-refractivity contribution in [3.05, 3.63) is 45.8 Å². The Labute approximate surface area is 156 Å². The van der Waals surface area contributed by atoms with E-state index in [1.165, 1.54) is 12.1 Å². The summed E-state index contributed by atoms with van der Waals surface area (Å²) < 4.78 is 18.2. The number of halogens is 1. The van der Waals surface area contributed by atoms with Crippen molar-refractivity contribution < 1.29 is 23.6 Å². The van der Waals surface area contributed by atoms with Crippen LogP contribution in [-0.2, 0) is 9.53 Å². The van der Waals surface area contributed by atoms with Crippen molar-refractivity contribution in [3.63, 3.8) is 0 Å². The first-order valence-corrected chi connectivity index (χ1v) is 8.20. The van der Waals surface area contributed by atoms with E-state index in [4.69, 9.17) is 4.74 Å². The predicted molar refractivity (Wildman–Crippen MR) is 98.5 cm³/mol. The minimum Gasteiger partial charge on any atom is -0.444 e. The molecule has 27 heavy (non-hydrogen) atoms. The first-order valence-electron chi connectivity index (χ1n) is 8.20. The zero-order valence-electron chi connectivity index (χ0n) is 16.0. The van der Waals surface area contributed by atoms with Gasteiger partial charge in [0.25, 0.3) is 5.69 Å². The summed E-state index contributed by atoms with van der Waals surface area (Å²) in [5.41, 5.74) is -1.77. The molecule has 2 amide bonds. The zero-order chi connectivity index (χ0) is 20.8. The maximum atomic E-state index is 13.1. The number of nitro groups is 1. The molecule has 0 aliphatic carbocycles. The molecule has 1 rings (SSSR count). The van der Waals surface area contributed by atoms with Crippen molar-refractivity contribution in [2.45, 2.75) is 45.8 Å². The molecule has 1 aromatic carbocycles. The normalized spacial score (nSPS) is 11.9. The number of hydrogen-bond donors (Lipinski definition) is 2. The van der Waals surface area contributed by atoms with Gasteiger partial charge < -0.3 is 15.4 Å². The highest BCUT2D eigenvalue weighted by molar-refractivity contribution is 5.92. The van der Waals surface area contributed by atoms with Crippen LogP contribution in [0.2, 0.25) is 0 Å². The molecule has 0 spiro atoms. The Bertz CT molecular complexity index is 754. The van der Waals surface area contributed by atoms with Crippen LogP contribution in [0.25, 0.3) is 6.08 Å². The maximum absolute atomic E-state index is 13.1. The van der Waals surface area contributed by atoms with Gasteiger partial charge in [0.15, 0.2) is 0 Å². The van der Waals surface area contributed by atoms with Gasteiger partial charge in [-0.15, -0.1) is 0 Å². The lowest BCUT2D eigenvalue weighted by atomic mass is 10.1. The third-order valence-electron chi connectivity index (χ3n) is 3.14. The Balaban J connectivity index is 2.69. The number of amides is 2. The Kier molecular flexibility index (Phi) is 7.04. The standard InChI is InChI=1S/C18H24FN3O5/c1-17(2,3)27-16(24)20-11-18(4,5)21-15(23)9-7-12-6-8-13(19)10-14(12)22(25)26/h6-10H,11H2,1-5H3,(H,20,24)(H,21,23). The molecule has 0 saturated carbocycles. The Morgan fingerprint density at radius 3 is 2.44 bits per heavy atom. The highest BCUT2D eigenvalue weighted by atomic mass is 19.1. The molecule has 0 atom stereocenters. The molecule has 0 aliphatic heterocycles. The number of nitrogens with zero attached hydrogens (tertiary/aromatic N) is 1. The molecule has 148 valence electrons. The number of carbonyl (C=O) groups excluding carboxylic acids is 2. The lowest BCUT2D eigenvalue weighted by Gasteiger charge is -2.27. The van der Waals surface area contributed by atoms with Crippen LogP contribution in [0.3, 0.4) is 0 Å². The molecule has 0 unspecified atom stereocenters. The summed E-state index contributed by atoms with van der Waals surface area (Å²) in [6, 6.07) is 3.07. The summed E-state index contributed by atoms with van der Waals surface area (Å²) in [4.78, 5) is 34.0. The summed E-state index contributed by atoms with van der Waals surface area (Å²) in [5, 5.41) is 16.2. The van der Waals surface area contributed by atoms with Crippen LogP contribution in [0.5, 0.6) is 0 Å². The van der Waals surface area contributed by atoms with Crippen molar-refractivity contribution in [1.82, 2.24) is 10.6 Å². The molecule has 0 radical (unpaired) electrons. The smallest absolute Gasteiger partial charge is 0.407 e. The van der Waals surface area contributed by atoms with E-state index in [9.17, 15) is 24.1 Å². The lowest BCUT2D eigenvalue weighted by Crippen LogP contribution is -2.51. The average Bonchev–Trinajstić information content (AvgIpc) is 2.49. The summed E-state index contributed by atoms with van der Waals surface area (Å²) in [7, 11) is 0. The van der Waals surface area contributed by atoms with E-state index < -0.39 is 39.6 Å². The molecule has 0 fully saturated rings. The predicted octanol–water partition coefficient (Wildman–Crippen LogP) is 3.17. The topological polar surface area (TPSA) is 111 Å². The Hall–Kier alpha value is -2.97. The Morgan fingerprint density at radius 1 is 1.26 bits per heavy atom. The van der Waals surface area contributed by atoms with Gasteiger partial charge in [-0.1, -0.05) is 0 Å². The molecule has 1 aromatic rings. The molecule has 0 aliphatic rings. The van der Waals surface area contributed by atoms with Crippen LogP contribution in [0.1, 0.15) is 40.2 Å². The van der Waals surface area contributed by atoms with E-state index >= 15 is 0 Å². The highest BCUT2D eigenvalue weighted by Gasteiger charge is 2.23. The monoisotopic (exact) mass is 381 g/mol. The fourth-order valence-corrected chi connectivity index (χ4v) is 2.01. The van der Waals surface area contributed by atoms with E-state index in [1.807, 2.05) is 0 Å². The lowest BCUT2D eigenvalue weighted by molar-refractivity contribution is -0.385. The third kappa shape index (κ3) is 8.30. The molecule has 9 heteroatoms. The number of ether oxygens (including phenoxy) is 1. The van der Waals surface area contributed by atoms with Gasteiger partial charge in [0.05, 0.1) is 22.1 Å². The molecule has 0 aromatic heterocycles. The number of nitrogens with one attached hydrogen (secondary N) is 2. The number of hydrogen-bond acceptors (Lipinski definition) is 5. The van der Waals surface area contributed by atoms with Crippen LogP contribution in [0, 0.1) is 15.9 Å². The van der Waals surface area contributed by atoms with Crippen LogP contribution in [0.4, 0.5) is 14.9 Å². The van der Waals surface area contributed by atoms with Crippen molar-refractivity contribution in [1.29, 1.82) is 0 Å². The highest BCUT2D eigenvalue weighted by Crippen LogP contribution is 2.21. The van der Waals surface area contributed by atoms with Crippen LogP contribution < -0.4 is 10.6 Å². The van der Waals surface area contributed by atoms with E-state index in [-0.39, 0.29) is 12.1 Å². The largest absolute Gasteiger partial charge is 0.444 e. The number of carbonyl (C=O) groups is 2. The number of nitro benzene ring substituents is 1. The fraction of sp³-hybridized carbons (Fsp3) is 0.444.